The van der Waals surface area contributed by atoms with Gasteiger partial charge in [0.15, 0.2) is 0 Å². The molecule has 0 fully saturated rings. The third-order valence-electron chi connectivity index (χ3n) is 6.24. The predicted octanol–water partition coefficient (Wildman–Crippen LogP) is 5.31. The standard InChI is InChI=1S/C27H17F3N4O/c28-20-4-1-2-5-23(20)34-27(35)19-15-17(24-21(29)10-11-22(30)25(24)26(19)32-34)14-16-6-8-18(9-7-16)33-13-3-12-31-33/h1-13,15,17H,14H2. The van der Waals surface area contributed by atoms with Crippen molar-refractivity contribution < 1.29 is 18.0 Å². The van der Waals surface area contributed by atoms with E-state index < -0.39 is 29.3 Å². The molecule has 6 rings (SSSR count). The lowest BCUT2D eigenvalue weighted by Gasteiger charge is -2.24. The molecule has 3 aromatic carbocycles. The third kappa shape index (κ3) is 3.45. The van der Waals surface area contributed by atoms with Crippen LogP contribution in [0.2, 0.25) is 0 Å². The molecule has 1 aliphatic carbocycles. The monoisotopic (exact) mass is 470 g/mol. The van der Waals surface area contributed by atoms with Crippen LogP contribution in [0.25, 0.3) is 5.69 Å². The summed E-state index contributed by atoms with van der Waals surface area (Å²) in [6.07, 6.45) is 5.44. The van der Waals surface area contributed by atoms with Gasteiger partial charge in [0.05, 0.1) is 11.3 Å². The molecule has 5 nitrogen and oxygen atoms in total. The van der Waals surface area contributed by atoms with Crippen LogP contribution < -0.4 is 5.01 Å². The van der Waals surface area contributed by atoms with E-state index >= 15 is 8.78 Å². The van der Waals surface area contributed by atoms with Crippen LogP contribution in [0.4, 0.5) is 18.9 Å². The molecular weight excluding hydrogens is 453 g/mol. The molecule has 2 heterocycles. The van der Waals surface area contributed by atoms with E-state index in [9.17, 15) is 9.18 Å². The van der Waals surface area contributed by atoms with Gasteiger partial charge in [-0.1, -0.05) is 30.3 Å². The average molecular weight is 470 g/mol. The zero-order chi connectivity index (χ0) is 24.1. The number of carbonyl (C=O) groups excluding carboxylic acids is 1. The predicted molar refractivity (Wildman–Crippen MR) is 125 cm³/mol. The molecule has 0 saturated carbocycles. The number of rotatable bonds is 4. The molecule has 0 N–H and O–H groups in total. The minimum absolute atomic E-state index is 0.00975. The van der Waals surface area contributed by atoms with Gasteiger partial charge in [-0.25, -0.2) is 17.9 Å². The summed E-state index contributed by atoms with van der Waals surface area (Å²) >= 11 is 0. The number of carbonyl (C=O) groups is 1. The average Bonchev–Trinajstić information content (AvgIpc) is 3.51. The van der Waals surface area contributed by atoms with E-state index in [1.54, 1.807) is 23.0 Å². The maximum atomic E-state index is 15.1. The SMILES string of the molecule is O=C1C2=CC(Cc3ccc(-n4cccn4)cc3)c3c(F)ccc(F)c3C2=NN1c1ccccc1F. The van der Waals surface area contributed by atoms with Gasteiger partial charge in [0, 0.05) is 29.4 Å². The third-order valence-corrected chi connectivity index (χ3v) is 6.24. The lowest BCUT2D eigenvalue weighted by atomic mass is 9.79. The van der Waals surface area contributed by atoms with Crippen molar-refractivity contribution in [3.05, 3.63) is 125 Å². The first kappa shape index (κ1) is 21.1. The quantitative estimate of drug-likeness (QED) is 0.406. The smallest absolute Gasteiger partial charge is 0.267 e. The number of amides is 1. The fourth-order valence-electron chi connectivity index (χ4n) is 4.61. The first-order valence-corrected chi connectivity index (χ1v) is 11.0. The first-order valence-electron chi connectivity index (χ1n) is 11.0. The summed E-state index contributed by atoms with van der Waals surface area (Å²) in [6, 6.07) is 17.2. The Morgan fingerprint density at radius 3 is 2.37 bits per heavy atom. The fraction of sp³-hybridized carbons (Fsp3) is 0.0741. The lowest BCUT2D eigenvalue weighted by molar-refractivity contribution is -0.114. The number of allylic oxidation sites excluding steroid dienone is 1. The summed E-state index contributed by atoms with van der Waals surface area (Å²) in [5.41, 5.74) is 1.89. The number of benzene rings is 3. The van der Waals surface area contributed by atoms with Crippen molar-refractivity contribution in [2.24, 2.45) is 5.10 Å². The van der Waals surface area contributed by atoms with Crippen LogP contribution in [0, 0.1) is 17.5 Å². The van der Waals surface area contributed by atoms with Gasteiger partial charge in [0.1, 0.15) is 28.9 Å². The molecule has 1 amide bonds. The minimum Gasteiger partial charge on any atom is -0.267 e. The highest BCUT2D eigenvalue weighted by atomic mass is 19.1. The zero-order valence-electron chi connectivity index (χ0n) is 18.2. The molecule has 0 spiro atoms. The van der Waals surface area contributed by atoms with Gasteiger partial charge in [0.2, 0.25) is 0 Å². The zero-order valence-corrected chi connectivity index (χ0v) is 18.2. The summed E-state index contributed by atoms with van der Waals surface area (Å²) in [5, 5.41) is 9.33. The fourth-order valence-corrected chi connectivity index (χ4v) is 4.61. The number of hydrogen-bond donors (Lipinski definition) is 0. The molecule has 0 radical (unpaired) electrons. The summed E-state index contributed by atoms with van der Waals surface area (Å²) in [7, 11) is 0. The van der Waals surface area contributed by atoms with E-state index in [-0.39, 0.29) is 28.1 Å². The number of halogens is 3. The molecule has 172 valence electrons. The number of hydrazone groups is 1. The maximum Gasteiger partial charge on any atom is 0.280 e. The van der Waals surface area contributed by atoms with Gasteiger partial charge >= 0.3 is 0 Å². The summed E-state index contributed by atoms with van der Waals surface area (Å²) < 4.78 is 46.3. The number of anilines is 1. The first-order chi connectivity index (χ1) is 17.0. The second kappa shape index (κ2) is 8.09. The normalized spacial score (nSPS) is 16.6. The van der Waals surface area contributed by atoms with Gasteiger partial charge in [-0.3, -0.25) is 4.79 Å². The number of para-hydroxylation sites is 1. The molecule has 1 aromatic heterocycles. The van der Waals surface area contributed by atoms with Gasteiger partial charge in [-0.05, 0) is 54.4 Å². The summed E-state index contributed by atoms with van der Waals surface area (Å²) in [6.45, 7) is 0. The molecular formula is C27H17F3N4O. The molecule has 1 atom stereocenters. The molecule has 0 bridgehead atoms. The van der Waals surface area contributed by atoms with E-state index in [4.69, 9.17) is 0 Å². The summed E-state index contributed by atoms with van der Waals surface area (Å²) in [4.78, 5) is 13.2. The van der Waals surface area contributed by atoms with Crippen LogP contribution in [0.5, 0.6) is 0 Å². The molecule has 0 saturated heterocycles. The van der Waals surface area contributed by atoms with Crippen LogP contribution >= 0.6 is 0 Å². The van der Waals surface area contributed by atoms with Gasteiger partial charge < -0.3 is 0 Å². The molecule has 8 heteroatoms. The van der Waals surface area contributed by atoms with E-state index in [1.165, 1.54) is 18.2 Å². The van der Waals surface area contributed by atoms with E-state index in [0.717, 1.165) is 28.4 Å². The largest absolute Gasteiger partial charge is 0.280 e. The van der Waals surface area contributed by atoms with Crippen molar-refractivity contribution in [2.45, 2.75) is 12.3 Å². The second-order valence-electron chi connectivity index (χ2n) is 8.34. The number of fused-ring (bicyclic) bond motifs is 3. The Balaban J connectivity index is 1.42. The second-order valence-corrected chi connectivity index (χ2v) is 8.34. The van der Waals surface area contributed by atoms with Crippen molar-refractivity contribution >= 4 is 17.3 Å². The number of aromatic nitrogens is 2. The molecule has 1 unspecified atom stereocenters. The Kier molecular flexibility index (Phi) is 4.88. The van der Waals surface area contributed by atoms with Crippen LogP contribution in [0.1, 0.15) is 22.6 Å². The molecule has 2 aliphatic rings. The topological polar surface area (TPSA) is 50.5 Å². The van der Waals surface area contributed by atoms with Crippen LogP contribution in [0.3, 0.4) is 0 Å². The van der Waals surface area contributed by atoms with Crippen LogP contribution in [-0.2, 0) is 11.2 Å². The van der Waals surface area contributed by atoms with Crippen LogP contribution in [-0.4, -0.2) is 21.4 Å². The van der Waals surface area contributed by atoms with Crippen LogP contribution in [0.15, 0.2) is 95.9 Å². The minimum atomic E-state index is -0.687. The Morgan fingerprint density at radius 1 is 0.857 bits per heavy atom. The van der Waals surface area contributed by atoms with E-state index in [1.807, 2.05) is 36.5 Å². The Labute approximate surface area is 198 Å². The maximum absolute atomic E-state index is 15.1. The van der Waals surface area contributed by atoms with Gasteiger partial charge in [0.25, 0.3) is 5.91 Å². The Hall–Kier alpha value is -4.46. The lowest BCUT2D eigenvalue weighted by Crippen LogP contribution is -2.25. The number of hydrogen-bond acceptors (Lipinski definition) is 3. The van der Waals surface area contributed by atoms with E-state index in [2.05, 4.69) is 10.2 Å². The van der Waals surface area contributed by atoms with Crippen molar-refractivity contribution in [3.63, 3.8) is 0 Å². The highest BCUT2D eigenvalue weighted by Gasteiger charge is 2.40. The Morgan fingerprint density at radius 2 is 1.63 bits per heavy atom. The molecule has 35 heavy (non-hydrogen) atoms. The molecule has 1 aliphatic heterocycles. The van der Waals surface area contributed by atoms with Crippen molar-refractivity contribution in [1.29, 1.82) is 0 Å². The van der Waals surface area contributed by atoms with Crippen molar-refractivity contribution in [3.8, 4) is 5.69 Å². The van der Waals surface area contributed by atoms with Crippen molar-refractivity contribution in [1.82, 2.24) is 9.78 Å². The summed E-state index contributed by atoms with van der Waals surface area (Å²) in [5.74, 6) is -3.12. The Bertz CT molecular complexity index is 1520. The number of nitrogens with zero attached hydrogens (tertiary/aromatic N) is 4. The van der Waals surface area contributed by atoms with Gasteiger partial charge in [-0.15, -0.1) is 0 Å². The highest BCUT2D eigenvalue weighted by molar-refractivity contribution is 6.36. The molecule has 4 aromatic rings. The highest BCUT2D eigenvalue weighted by Crippen LogP contribution is 2.40. The van der Waals surface area contributed by atoms with Crippen molar-refractivity contribution in [2.75, 3.05) is 5.01 Å². The van der Waals surface area contributed by atoms with E-state index in [0.29, 0.717) is 6.42 Å². The van der Waals surface area contributed by atoms with Gasteiger partial charge in [-0.2, -0.15) is 15.2 Å².